The van der Waals surface area contributed by atoms with E-state index in [1.165, 1.54) is 4.31 Å². The molecule has 104 valence electrons. The van der Waals surface area contributed by atoms with Gasteiger partial charge in [-0.3, -0.25) is 4.79 Å². The number of nitrogens with two attached hydrogens (primary N) is 1. The molecular weight excluding hydrogens is 266 g/mol. The van der Waals surface area contributed by atoms with Gasteiger partial charge < -0.3 is 4.90 Å². The van der Waals surface area contributed by atoms with Crippen LogP contribution in [0.4, 0.5) is 0 Å². The second-order valence-corrected chi connectivity index (χ2v) is 6.03. The molecule has 1 aliphatic rings. The van der Waals surface area contributed by atoms with Crippen molar-refractivity contribution in [1.82, 2.24) is 9.21 Å². The van der Waals surface area contributed by atoms with E-state index in [-0.39, 0.29) is 19.0 Å². The van der Waals surface area contributed by atoms with Crippen LogP contribution in [0.3, 0.4) is 0 Å². The summed E-state index contributed by atoms with van der Waals surface area (Å²) in [6, 6.07) is 9.49. The van der Waals surface area contributed by atoms with E-state index in [0.29, 0.717) is 19.5 Å². The summed E-state index contributed by atoms with van der Waals surface area (Å²) < 4.78 is 23.5. The summed E-state index contributed by atoms with van der Waals surface area (Å²) in [7, 11) is -3.64. The van der Waals surface area contributed by atoms with Crippen LogP contribution in [0.1, 0.15) is 5.56 Å². The van der Waals surface area contributed by atoms with E-state index in [0.717, 1.165) is 5.56 Å². The molecule has 1 aliphatic heterocycles. The fourth-order valence-corrected chi connectivity index (χ4v) is 2.75. The Hall–Kier alpha value is -1.44. The molecule has 0 aliphatic carbocycles. The summed E-state index contributed by atoms with van der Waals surface area (Å²) in [6.07, 6.45) is 0.343. The van der Waals surface area contributed by atoms with Gasteiger partial charge in [0.2, 0.25) is 5.91 Å². The van der Waals surface area contributed by atoms with Crippen molar-refractivity contribution in [2.75, 3.05) is 26.2 Å². The van der Waals surface area contributed by atoms with Gasteiger partial charge in [0.1, 0.15) is 0 Å². The van der Waals surface area contributed by atoms with Gasteiger partial charge in [0.25, 0.3) is 10.2 Å². The predicted molar refractivity (Wildman–Crippen MR) is 71.4 cm³/mol. The maximum atomic E-state index is 12.1. The molecule has 0 spiro atoms. The molecule has 1 aromatic carbocycles. The van der Waals surface area contributed by atoms with Crippen molar-refractivity contribution in [2.45, 2.75) is 6.42 Å². The van der Waals surface area contributed by atoms with E-state index in [2.05, 4.69) is 0 Å². The molecule has 7 heteroatoms. The summed E-state index contributed by atoms with van der Waals surface area (Å²) in [4.78, 5) is 13.7. The van der Waals surface area contributed by atoms with Crippen molar-refractivity contribution >= 4 is 16.1 Å². The molecule has 0 atom stereocenters. The molecule has 0 saturated carbocycles. The molecule has 2 rings (SSSR count). The smallest absolute Gasteiger partial charge is 0.277 e. The van der Waals surface area contributed by atoms with Crippen LogP contribution in [0.15, 0.2) is 30.3 Å². The average molecular weight is 283 g/mol. The topological polar surface area (TPSA) is 83.7 Å². The highest BCUT2D eigenvalue weighted by Gasteiger charge is 2.26. The highest BCUT2D eigenvalue weighted by Crippen LogP contribution is 2.08. The van der Waals surface area contributed by atoms with E-state index in [1.807, 2.05) is 30.3 Å². The molecule has 0 bridgehead atoms. The Morgan fingerprint density at radius 2 is 1.68 bits per heavy atom. The molecule has 1 saturated heterocycles. The number of hydrogen-bond acceptors (Lipinski definition) is 3. The first-order valence-corrected chi connectivity index (χ1v) is 7.57. The number of carbonyl (C=O) groups is 1. The summed E-state index contributed by atoms with van der Waals surface area (Å²) in [6.45, 7) is 1.31. The third kappa shape index (κ3) is 3.76. The Balaban J connectivity index is 1.90. The third-order valence-corrected chi connectivity index (χ3v) is 4.23. The standard InChI is InChI=1S/C12H17N3O3S/c13-19(17,18)15-8-6-14(7-9-15)12(16)10-11-4-2-1-3-5-11/h1-5H,6-10H2,(H2,13,17,18). The third-order valence-electron chi connectivity index (χ3n) is 3.15. The maximum absolute atomic E-state index is 12.1. The zero-order valence-electron chi connectivity index (χ0n) is 10.5. The van der Waals surface area contributed by atoms with Gasteiger partial charge in [-0.15, -0.1) is 0 Å². The van der Waals surface area contributed by atoms with Crippen molar-refractivity contribution in [2.24, 2.45) is 5.14 Å². The summed E-state index contributed by atoms with van der Waals surface area (Å²) in [5.74, 6) is 0.0141. The van der Waals surface area contributed by atoms with Gasteiger partial charge in [-0.05, 0) is 5.56 Å². The minimum absolute atomic E-state index is 0.0141. The molecule has 0 aromatic heterocycles. The number of carbonyl (C=O) groups excluding carboxylic acids is 1. The van der Waals surface area contributed by atoms with Crippen LogP contribution >= 0.6 is 0 Å². The molecule has 19 heavy (non-hydrogen) atoms. The quantitative estimate of drug-likeness (QED) is 0.817. The first kappa shape index (κ1) is 14.0. The van der Waals surface area contributed by atoms with Crippen molar-refractivity contribution in [3.63, 3.8) is 0 Å². The Kier molecular flexibility index (Phi) is 4.18. The Bertz CT molecular complexity index is 537. The van der Waals surface area contributed by atoms with Gasteiger partial charge in [-0.2, -0.15) is 12.7 Å². The van der Waals surface area contributed by atoms with Gasteiger partial charge in [0.15, 0.2) is 0 Å². The molecule has 6 nitrogen and oxygen atoms in total. The lowest BCUT2D eigenvalue weighted by atomic mass is 10.1. The largest absolute Gasteiger partial charge is 0.340 e. The van der Waals surface area contributed by atoms with E-state index in [9.17, 15) is 13.2 Å². The number of nitrogens with zero attached hydrogens (tertiary/aromatic N) is 2. The predicted octanol–water partition coefficient (Wildman–Crippen LogP) is -0.423. The van der Waals surface area contributed by atoms with Gasteiger partial charge in [0, 0.05) is 26.2 Å². The minimum atomic E-state index is -3.64. The molecule has 1 aromatic rings. The zero-order valence-corrected chi connectivity index (χ0v) is 11.3. The lowest BCUT2D eigenvalue weighted by molar-refractivity contribution is -0.131. The number of rotatable bonds is 3. The van der Waals surface area contributed by atoms with E-state index < -0.39 is 10.2 Å². The molecule has 1 fully saturated rings. The molecular formula is C12H17N3O3S. The van der Waals surface area contributed by atoms with Crippen molar-refractivity contribution in [3.05, 3.63) is 35.9 Å². The molecule has 2 N–H and O–H groups in total. The normalized spacial score (nSPS) is 17.4. The van der Waals surface area contributed by atoms with Crippen LogP contribution in [0, 0.1) is 0 Å². The van der Waals surface area contributed by atoms with E-state index in [4.69, 9.17) is 5.14 Å². The van der Waals surface area contributed by atoms with Crippen LogP contribution in [0.5, 0.6) is 0 Å². The first-order chi connectivity index (χ1) is 8.97. The van der Waals surface area contributed by atoms with E-state index >= 15 is 0 Å². The van der Waals surface area contributed by atoms with Crippen molar-refractivity contribution in [1.29, 1.82) is 0 Å². The SMILES string of the molecule is NS(=O)(=O)N1CCN(C(=O)Cc2ccccc2)CC1. The molecule has 1 heterocycles. The summed E-state index contributed by atoms with van der Waals surface area (Å²) in [5.41, 5.74) is 0.960. The minimum Gasteiger partial charge on any atom is -0.340 e. The lowest BCUT2D eigenvalue weighted by Gasteiger charge is -2.33. The fraction of sp³-hybridized carbons (Fsp3) is 0.417. The number of amides is 1. The second kappa shape index (κ2) is 5.68. The second-order valence-electron chi connectivity index (χ2n) is 4.49. The Morgan fingerprint density at radius 3 is 2.21 bits per heavy atom. The average Bonchev–Trinajstić information content (AvgIpc) is 2.39. The van der Waals surface area contributed by atoms with Crippen molar-refractivity contribution < 1.29 is 13.2 Å². The Morgan fingerprint density at radius 1 is 1.11 bits per heavy atom. The molecule has 0 radical (unpaired) electrons. The molecule has 0 unspecified atom stereocenters. The Labute approximate surface area is 113 Å². The number of piperazine rings is 1. The summed E-state index contributed by atoms with van der Waals surface area (Å²) >= 11 is 0. The zero-order chi connectivity index (χ0) is 13.9. The first-order valence-electron chi connectivity index (χ1n) is 6.06. The number of hydrogen-bond donors (Lipinski definition) is 1. The highest BCUT2D eigenvalue weighted by atomic mass is 32.2. The van der Waals surface area contributed by atoms with Crippen LogP contribution in [0.25, 0.3) is 0 Å². The van der Waals surface area contributed by atoms with Crippen LogP contribution in [-0.2, 0) is 21.4 Å². The van der Waals surface area contributed by atoms with Crippen LogP contribution in [0.2, 0.25) is 0 Å². The summed E-state index contributed by atoms with van der Waals surface area (Å²) in [5, 5.41) is 5.05. The number of benzene rings is 1. The lowest BCUT2D eigenvalue weighted by Crippen LogP contribution is -2.52. The maximum Gasteiger partial charge on any atom is 0.277 e. The van der Waals surface area contributed by atoms with E-state index in [1.54, 1.807) is 4.90 Å². The van der Waals surface area contributed by atoms with Gasteiger partial charge in [-0.25, -0.2) is 5.14 Å². The monoisotopic (exact) mass is 283 g/mol. The highest BCUT2D eigenvalue weighted by molar-refractivity contribution is 7.86. The van der Waals surface area contributed by atoms with Gasteiger partial charge in [0.05, 0.1) is 6.42 Å². The van der Waals surface area contributed by atoms with Gasteiger partial charge in [-0.1, -0.05) is 30.3 Å². The molecule has 1 amide bonds. The van der Waals surface area contributed by atoms with Crippen LogP contribution < -0.4 is 5.14 Å². The van der Waals surface area contributed by atoms with Gasteiger partial charge >= 0.3 is 0 Å². The van der Waals surface area contributed by atoms with Crippen molar-refractivity contribution in [3.8, 4) is 0 Å². The van der Waals surface area contributed by atoms with Crippen LogP contribution in [-0.4, -0.2) is 49.7 Å². The fourth-order valence-electron chi connectivity index (χ4n) is 2.07.